The monoisotopic (exact) mass is 344 g/mol. The molecule has 6 heteroatoms. The van der Waals surface area contributed by atoms with Gasteiger partial charge in [-0.05, 0) is 53.2 Å². The number of aryl methyl sites for hydroxylation is 1. The number of anilines is 1. The number of imidazole rings is 1. The summed E-state index contributed by atoms with van der Waals surface area (Å²) in [6, 6.07) is 9.83. The first kappa shape index (κ1) is 13.6. The maximum Gasteiger partial charge on any atom is 0.140 e. The fourth-order valence-electron chi connectivity index (χ4n) is 2.26. The molecule has 0 unspecified atom stereocenters. The summed E-state index contributed by atoms with van der Waals surface area (Å²) in [5.74, 6) is -0.0955. The van der Waals surface area contributed by atoms with Crippen LogP contribution >= 0.6 is 15.9 Å². The van der Waals surface area contributed by atoms with E-state index in [4.69, 9.17) is 11.0 Å². The van der Waals surface area contributed by atoms with Crippen molar-refractivity contribution in [3.63, 3.8) is 0 Å². The van der Waals surface area contributed by atoms with Crippen LogP contribution in [0.25, 0.3) is 16.9 Å². The molecule has 0 radical (unpaired) electrons. The summed E-state index contributed by atoms with van der Waals surface area (Å²) in [5.41, 5.74) is 8.92. The Morgan fingerprint density at radius 1 is 1.33 bits per heavy atom. The summed E-state index contributed by atoms with van der Waals surface area (Å²) in [7, 11) is 0. The molecule has 104 valence electrons. The first-order valence-electron chi connectivity index (χ1n) is 6.16. The van der Waals surface area contributed by atoms with Crippen LogP contribution in [0.2, 0.25) is 0 Å². The minimum absolute atomic E-state index is 0.0261. The van der Waals surface area contributed by atoms with Crippen molar-refractivity contribution in [1.82, 2.24) is 9.38 Å². The molecule has 3 rings (SSSR count). The molecule has 0 bridgehead atoms. The van der Waals surface area contributed by atoms with E-state index >= 15 is 0 Å². The van der Waals surface area contributed by atoms with Gasteiger partial charge >= 0.3 is 0 Å². The molecule has 0 saturated carbocycles. The zero-order chi connectivity index (χ0) is 15.1. The molecule has 2 aromatic heterocycles. The van der Waals surface area contributed by atoms with Crippen LogP contribution in [0.5, 0.6) is 0 Å². The Labute approximate surface area is 128 Å². The van der Waals surface area contributed by atoms with Gasteiger partial charge in [0.1, 0.15) is 29.0 Å². The van der Waals surface area contributed by atoms with Crippen molar-refractivity contribution >= 4 is 27.4 Å². The molecule has 2 N–H and O–H groups in total. The second-order valence-electron chi connectivity index (χ2n) is 4.61. The van der Waals surface area contributed by atoms with Gasteiger partial charge in [0, 0.05) is 15.7 Å². The highest BCUT2D eigenvalue weighted by Gasteiger charge is 2.15. The quantitative estimate of drug-likeness (QED) is 0.732. The van der Waals surface area contributed by atoms with E-state index in [0.29, 0.717) is 22.7 Å². The lowest BCUT2D eigenvalue weighted by Gasteiger charge is -2.04. The lowest BCUT2D eigenvalue weighted by Crippen LogP contribution is -1.98. The van der Waals surface area contributed by atoms with E-state index in [2.05, 4.69) is 20.9 Å². The number of hydrogen-bond donors (Lipinski definition) is 1. The van der Waals surface area contributed by atoms with Gasteiger partial charge in [-0.3, -0.25) is 4.40 Å². The Balaban J connectivity index is 2.29. The number of aromatic nitrogens is 2. The summed E-state index contributed by atoms with van der Waals surface area (Å²) >= 11 is 3.45. The fourth-order valence-corrected chi connectivity index (χ4v) is 2.57. The lowest BCUT2D eigenvalue weighted by atomic mass is 10.1. The van der Waals surface area contributed by atoms with E-state index in [1.54, 1.807) is 6.07 Å². The van der Waals surface area contributed by atoms with Crippen molar-refractivity contribution < 1.29 is 4.39 Å². The number of nitrogen functional groups attached to an aromatic ring is 1. The van der Waals surface area contributed by atoms with Crippen LogP contribution in [0.4, 0.5) is 10.2 Å². The van der Waals surface area contributed by atoms with Crippen molar-refractivity contribution in [2.45, 2.75) is 6.92 Å². The third-order valence-corrected chi connectivity index (χ3v) is 4.20. The van der Waals surface area contributed by atoms with Gasteiger partial charge in [0.15, 0.2) is 0 Å². The molecule has 0 aliphatic rings. The van der Waals surface area contributed by atoms with Gasteiger partial charge < -0.3 is 5.73 Å². The van der Waals surface area contributed by atoms with Crippen LogP contribution < -0.4 is 5.73 Å². The zero-order valence-corrected chi connectivity index (χ0v) is 12.6. The van der Waals surface area contributed by atoms with Crippen LogP contribution in [0.15, 0.2) is 34.8 Å². The predicted octanol–water partition coefficient (Wildman–Crippen LogP) is 3.67. The Morgan fingerprint density at radius 2 is 2.10 bits per heavy atom. The summed E-state index contributed by atoms with van der Waals surface area (Å²) < 4.78 is 16.2. The molecule has 0 atom stereocenters. The third-order valence-electron chi connectivity index (χ3n) is 3.36. The van der Waals surface area contributed by atoms with E-state index in [9.17, 15) is 4.39 Å². The molecular formula is C15H10BrFN4. The van der Waals surface area contributed by atoms with E-state index in [-0.39, 0.29) is 5.56 Å². The highest BCUT2D eigenvalue weighted by molar-refractivity contribution is 9.10. The number of benzene rings is 1. The highest BCUT2D eigenvalue weighted by Crippen LogP contribution is 2.30. The highest BCUT2D eigenvalue weighted by atomic mass is 79.9. The molecule has 0 aliphatic heterocycles. The Morgan fingerprint density at radius 3 is 2.81 bits per heavy atom. The first-order valence-corrected chi connectivity index (χ1v) is 6.95. The third kappa shape index (κ3) is 2.06. The fraction of sp³-hybridized carbons (Fsp3) is 0.0667. The average Bonchev–Trinajstić information content (AvgIpc) is 2.81. The number of hydrogen-bond acceptors (Lipinski definition) is 3. The maximum atomic E-state index is 13.4. The summed E-state index contributed by atoms with van der Waals surface area (Å²) in [4.78, 5) is 4.47. The van der Waals surface area contributed by atoms with Gasteiger partial charge in [0.05, 0.1) is 5.56 Å². The second-order valence-corrected chi connectivity index (χ2v) is 5.47. The van der Waals surface area contributed by atoms with Crippen molar-refractivity contribution in [1.29, 1.82) is 5.26 Å². The summed E-state index contributed by atoms with van der Waals surface area (Å²) in [6.07, 6.45) is 0. The van der Waals surface area contributed by atoms with E-state index in [0.717, 1.165) is 10.2 Å². The smallest absolute Gasteiger partial charge is 0.140 e. The molecule has 0 saturated heterocycles. The molecule has 2 heterocycles. The van der Waals surface area contributed by atoms with E-state index in [1.807, 2.05) is 29.5 Å². The van der Waals surface area contributed by atoms with Gasteiger partial charge in [0.25, 0.3) is 0 Å². The van der Waals surface area contributed by atoms with Crippen molar-refractivity contribution in [3.05, 3.63) is 51.9 Å². The van der Waals surface area contributed by atoms with E-state index in [1.165, 1.54) is 12.1 Å². The van der Waals surface area contributed by atoms with Crippen molar-refractivity contribution in [2.24, 2.45) is 0 Å². The standard InChI is InChI=1S/C15H10BrFN4/c1-8-11(16)3-5-13-20-14(15(19)21(8)13)9-2-4-12(17)10(6-9)7-18/h2-6H,19H2,1H3. The summed E-state index contributed by atoms with van der Waals surface area (Å²) in [5, 5.41) is 8.93. The van der Waals surface area contributed by atoms with Gasteiger partial charge in [0.2, 0.25) is 0 Å². The van der Waals surface area contributed by atoms with Gasteiger partial charge in [-0.25, -0.2) is 9.37 Å². The van der Waals surface area contributed by atoms with E-state index < -0.39 is 5.82 Å². The molecule has 21 heavy (non-hydrogen) atoms. The Bertz CT molecular complexity index is 908. The first-order chi connectivity index (χ1) is 10.0. The van der Waals surface area contributed by atoms with Gasteiger partial charge in [-0.15, -0.1) is 0 Å². The number of halogens is 2. The molecule has 0 aliphatic carbocycles. The zero-order valence-electron chi connectivity index (χ0n) is 11.1. The topological polar surface area (TPSA) is 67.1 Å². The van der Waals surface area contributed by atoms with Crippen LogP contribution in [0.3, 0.4) is 0 Å². The second kappa shape index (κ2) is 4.86. The normalized spacial score (nSPS) is 10.8. The number of fused-ring (bicyclic) bond motifs is 1. The molecule has 3 aromatic rings. The molecule has 4 nitrogen and oxygen atoms in total. The predicted molar refractivity (Wildman–Crippen MR) is 82.2 cm³/mol. The number of pyridine rings is 1. The minimum Gasteiger partial charge on any atom is -0.383 e. The van der Waals surface area contributed by atoms with Crippen LogP contribution in [-0.2, 0) is 0 Å². The van der Waals surface area contributed by atoms with Gasteiger partial charge in [-0.2, -0.15) is 5.26 Å². The largest absolute Gasteiger partial charge is 0.383 e. The molecule has 0 spiro atoms. The lowest BCUT2D eigenvalue weighted by molar-refractivity contribution is 0.624. The minimum atomic E-state index is -0.553. The number of nitrogens with two attached hydrogens (primary N) is 1. The van der Waals surface area contributed by atoms with Gasteiger partial charge in [-0.1, -0.05) is 0 Å². The average molecular weight is 345 g/mol. The summed E-state index contributed by atoms with van der Waals surface area (Å²) in [6.45, 7) is 1.92. The molecular weight excluding hydrogens is 335 g/mol. The Kier molecular flexibility index (Phi) is 3.15. The van der Waals surface area contributed by atoms with Crippen LogP contribution in [0.1, 0.15) is 11.3 Å². The molecule has 0 amide bonds. The maximum absolute atomic E-state index is 13.4. The molecule has 1 aromatic carbocycles. The number of rotatable bonds is 1. The van der Waals surface area contributed by atoms with Crippen molar-refractivity contribution in [3.8, 4) is 17.3 Å². The Hall–Kier alpha value is -2.39. The SMILES string of the molecule is Cc1c(Br)ccc2nc(-c3ccc(F)c(C#N)c3)c(N)n12. The van der Waals surface area contributed by atoms with Crippen LogP contribution in [-0.4, -0.2) is 9.38 Å². The molecule has 0 fully saturated rings. The van der Waals surface area contributed by atoms with Crippen LogP contribution in [0, 0.1) is 24.1 Å². The number of nitrogens with zero attached hydrogens (tertiary/aromatic N) is 3. The van der Waals surface area contributed by atoms with Crippen molar-refractivity contribution in [2.75, 3.05) is 5.73 Å². The number of nitriles is 1.